The number of aliphatic hydroxyl groups excluding tert-OH is 1. The fraction of sp³-hybridized carbons (Fsp3) is 1.00. The van der Waals surface area contributed by atoms with E-state index in [4.69, 9.17) is 0 Å². The van der Waals surface area contributed by atoms with Crippen molar-refractivity contribution in [3.63, 3.8) is 0 Å². The maximum atomic E-state index is 11.8. The summed E-state index contributed by atoms with van der Waals surface area (Å²) in [4.78, 5) is 0. The van der Waals surface area contributed by atoms with Crippen LogP contribution in [0, 0.1) is 17.8 Å². The zero-order valence-electron chi connectivity index (χ0n) is 10.5. The van der Waals surface area contributed by atoms with Crippen molar-refractivity contribution in [2.45, 2.75) is 50.8 Å². The predicted octanol–water partition coefficient (Wildman–Crippen LogP) is 3.14. The Balaban J connectivity index is 1.57. The van der Waals surface area contributed by atoms with Gasteiger partial charge in [0.05, 0.1) is 6.10 Å². The van der Waals surface area contributed by atoms with E-state index in [1.54, 1.807) is 0 Å². The van der Waals surface area contributed by atoms with Crippen LogP contribution in [0.5, 0.6) is 0 Å². The van der Waals surface area contributed by atoms with E-state index in [0.29, 0.717) is 12.3 Å². The molecule has 4 unspecified atom stereocenters. The lowest BCUT2D eigenvalue weighted by molar-refractivity contribution is -0.175. The van der Waals surface area contributed by atoms with Crippen molar-refractivity contribution in [1.82, 2.24) is 0 Å². The topological polar surface area (TPSA) is 29.5 Å². The zero-order chi connectivity index (χ0) is 13.2. The van der Waals surface area contributed by atoms with Crippen LogP contribution < -0.4 is 0 Å². The van der Waals surface area contributed by atoms with Gasteiger partial charge in [-0.15, -0.1) is 0 Å². The molecule has 2 aliphatic carbocycles. The first kappa shape index (κ1) is 14.1. The predicted molar refractivity (Wildman–Crippen MR) is 61.1 cm³/mol. The fourth-order valence-corrected chi connectivity index (χ4v) is 3.54. The van der Waals surface area contributed by atoms with Gasteiger partial charge < -0.3 is 9.84 Å². The Morgan fingerprint density at radius 1 is 1.22 bits per heavy atom. The van der Waals surface area contributed by atoms with Crippen molar-refractivity contribution < 1.29 is 23.0 Å². The smallest absolute Gasteiger partial charge is 0.393 e. The first-order chi connectivity index (χ1) is 8.44. The summed E-state index contributed by atoms with van der Waals surface area (Å²) in [5.74, 6) is 2.18. The summed E-state index contributed by atoms with van der Waals surface area (Å²) in [5, 5.41) is 9.81. The van der Waals surface area contributed by atoms with E-state index in [-0.39, 0.29) is 6.61 Å². The molecule has 0 amide bonds. The van der Waals surface area contributed by atoms with Gasteiger partial charge in [0, 0.05) is 6.61 Å². The van der Waals surface area contributed by atoms with E-state index in [1.807, 2.05) is 0 Å². The lowest BCUT2D eigenvalue weighted by Gasteiger charge is -2.24. The number of ether oxygens (including phenoxy) is 1. The van der Waals surface area contributed by atoms with E-state index < -0.39 is 18.9 Å². The molecule has 2 fully saturated rings. The van der Waals surface area contributed by atoms with Crippen LogP contribution in [0.15, 0.2) is 0 Å². The molecule has 5 heteroatoms. The second-order valence-electron chi connectivity index (χ2n) is 5.78. The van der Waals surface area contributed by atoms with Gasteiger partial charge in [0.1, 0.15) is 6.61 Å². The molecule has 0 spiro atoms. The van der Waals surface area contributed by atoms with E-state index in [2.05, 4.69) is 4.74 Å². The molecule has 106 valence electrons. The lowest BCUT2D eigenvalue weighted by Crippen LogP contribution is -2.22. The minimum absolute atomic E-state index is 0.0124. The van der Waals surface area contributed by atoms with Gasteiger partial charge in [-0.2, -0.15) is 13.2 Å². The second-order valence-corrected chi connectivity index (χ2v) is 5.78. The molecule has 0 aliphatic heterocycles. The minimum Gasteiger partial charge on any atom is -0.393 e. The van der Waals surface area contributed by atoms with Gasteiger partial charge in [-0.05, 0) is 49.9 Å². The molecular weight excluding hydrogens is 245 g/mol. The molecule has 0 aromatic rings. The molecule has 0 aromatic heterocycles. The van der Waals surface area contributed by atoms with Crippen molar-refractivity contribution in [3.05, 3.63) is 0 Å². The highest BCUT2D eigenvalue weighted by atomic mass is 19.4. The quantitative estimate of drug-likeness (QED) is 0.748. The van der Waals surface area contributed by atoms with Crippen LogP contribution in [0.25, 0.3) is 0 Å². The third kappa shape index (κ3) is 4.12. The number of aliphatic hydroxyl groups is 1. The Morgan fingerprint density at radius 3 is 2.56 bits per heavy atom. The van der Waals surface area contributed by atoms with E-state index >= 15 is 0 Å². The molecule has 0 heterocycles. The third-order valence-corrected chi connectivity index (χ3v) is 4.32. The number of hydrogen-bond acceptors (Lipinski definition) is 2. The number of halogens is 3. The lowest BCUT2D eigenvalue weighted by atomic mass is 9.84. The van der Waals surface area contributed by atoms with Gasteiger partial charge in [0.25, 0.3) is 0 Å². The Morgan fingerprint density at radius 2 is 2.00 bits per heavy atom. The molecule has 0 radical (unpaired) electrons. The fourth-order valence-electron chi connectivity index (χ4n) is 3.54. The van der Waals surface area contributed by atoms with Crippen LogP contribution in [-0.2, 0) is 4.74 Å². The molecule has 1 N–H and O–H groups in total. The third-order valence-electron chi connectivity index (χ3n) is 4.32. The standard InChI is InChI=1S/C13H21F3O2/c14-13(15,16)8-18-4-3-12(17)7-11-6-9-1-2-10(11)5-9/h9-12,17H,1-8H2. The molecule has 0 saturated heterocycles. The Hall–Kier alpha value is -0.290. The number of rotatable bonds is 6. The monoisotopic (exact) mass is 266 g/mol. The minimum atomic E-state index is -4.27. The van der Waals surface area contributed by atoms with Crippen molar-refractivity contribution in [2.75, 3.05) is 13.2 Å². The molecule has 2 rings (SSSR count). The van der Waals surface area contributed by atoms with E-state index in [9.17, 15) is 18.3 Å². The molecule has 18 heavy (non-hydrogen) atoms. The van der Waals surface area contributed by atoms with Crippen molar-refractivity contribution in [2.24, 2.45) is 17.8 Å². The highest BCUT2D eigenvalue weighted by Crippen LogP contribution is 2.49. The van der Waals surface area contributed by atoms with Crippen LogP contribution in [0.4, 0.5) is 13.2 Å². The molecule has 2 nitrogen and oxygen atoms in total. The normalized spacial score (nSPS) is 33.0. The SMILES string of the molecule is OC(CCOCC(F)(F)F)CC1CC2CCC1C2. The first-order valence-electron chi connectivity index (χ1n) is 6.76. The van der Waals surface area contributed by atoms with Gasteiger partial charge in [0.2, 0.25) is 0 Å². The highest BCUT2D eigenvalue weighted by Gasteiger charge is 2.39. The van der Waals surface area contributed by atoms with Crippen LogP contribution in [0.2, 0.25) is 0 Å². The summed E-state index contributed by atoms with van der Waals surface area (Å²) in [5.41, 5.74) is 0. The highest BCUT2D eigenvalue weighted by molar-refractivity contribution is 4.90. The van der Waals surface area contributed by atoms with Crippen molar-refractivity contribution >= 4 is 0 Å². The van der Waals surface area contributed by atoms with Crippen molar-refractivity contribution in [1.29, 1.82) is 0 Å². The van der Waals surface area contributed by atoms with Gasteiger partial charge >= 0.3 is 6.18 Å². The van der Waals surface area contributed by atoms with Crippen LogP contribution in [-0.4, -0.2) is 30.6 Å². The molecular formula is C13H21F3O2. The average molecular weight is 266 g/mol. The average Bonchev–Trinajstić information content (AvgIpc) is 2.85. The maximum absolute atomic E-state index is 11.8. The van der Waals surface area contributed by atoms with Gasteiger partial charge in [-0.1, -0.05) is 6.42 Å². The summed E-state index contributed by atoms with van der Waals surface area (Å²) < 4.78 is 40.0. The van der Waals surface area contributed by atoms with Crippen molar-refractivity contribution in [3.8, 4) is 0 Å². The Labute approximate surface area is 106 Å². The summed E-state index contributed by atoms with van der Waals surface area (Å²) in [6, 6.07) is 0. The summed E-state index contributed by atoms with van der Waals surface area (Å²) >= 11 is 0. The summed E-state index contributed by atoms with van der Waals surface area (Å²) in [7, 11) is 0. The van der Waals surface area contributed by atoms with Gasteiger partial charge in [-0.3, -0.25) is 0 Å². The van der Waals surface area contributed by atoms with E-state index in [0.717, 1.165) is 18.3 Å². The van der Waals surface area contributed by atoms with Crippen LogP contribution in [0.1, 0.15) is 38.5 Å². The second kappa shape index (κ2) is 5.78. The summed E-state index contributed by atoms with van der Waals surface area (Å²) in [6.07, 6.45) is 1.35. The Bertz CT molecular complexity index is 267. The maximum Gasteiger partial charge on any atom is 0.411 e. The number of alkyl halides is 3. The Kier molecular flexibility index (Phi) is 4.54. The van der Waals surface area contributed by atoms with Crippen LogP contribution in [0.3, 0.4) is 0 Å². The zero-order valence-corrected chi connectivity index (χ0v) is 10.5. The number of hydrogen-bond donors (Lipinski definition) is 1. The molecule has 4 atom stereocenters. The van der Waals surface area contributed by atoms with E-state index in [1.165, 1.54) is 25.7 Å². The molecule has 2 aliphatic rings. The summed E-state index contributed by atoms with van der Waals surface area (Å²) in [6.45, 7) is -1.23. The van der Waals surface area contributed by atoms with Crippen LogP contribution >= 0.6 is 0 Å². The van der Waals surface area contributed by atoms with Gasteiger partial charge in [-0.25, -0.2) is 0 Å². The molecule has 2 saturated carbocycles. The largest absolute Gasteiger partial charge is 0.411 e. The molecule has 0 aromatic carbocycles. The molecule has 2 bridgehead atoms. The number of fused-ring (bicyclic) bond motifs is 2. The van der Waals surface area contributed by atoms with Gasteiger partial charge in [0.15, 0.2) is 0 Å². The first-order valence-corrected chi connectivity index (χ1v) is 6.76.